The van der Waals surface area contributed by atoms with Crippen LogP contribution in [-0.4, -0.2) is 72.8 Å². The second-order valence-corrected chi connectivity index (χ2v) is 8.12. The quantitative estimate of drug-likeness (QED) is 0.672. The molecule has 10 nitrogen and oxygen atoms in total. The van der Waals surface area contributed by atoms with Crippen LogP contribution in [0.25, 0.3) is 22.3 Å². The summed E-state index contributed by atoms with van der Waals surface area (Å²) in [5, 5.41) is 15.0. The third kappa shape index (κ3) is 2.98. The van der Waals surface area contributed by atoms with Gasteiger partial charge in [-0.2, -0.15) is 10.4 Å². The summed E-state index contributed by atoms with van der Waals surface area (Å²) < 4.78 is 1.95. The lowest BCUT2D eigenvalue weighted by molar-refractivity contribution is -0.0125. The summed E-state index contributed by atoms with van der Waals surface area (Å²) in [4.78, 5) is 27.2. The number of nitrogens with zero attached hydrogens (tertiary/aromatic N) is 7. The maximum absolute atomic E-state index is 11.3. The van der Waals surface area contributed by atoms with Gasteiger partial charge in [0.25, 0.3) is 0 Å². The number of rotatable bonds is 4. The highest BCUT2D eigenvalue weighted by Gasteiger charge is 2.49. The smallest absolute Gasteiger partial charge is 0.314 e. The fourth-order valence-electron chi connectivity index (χ4n) is 4.75. The van der Waals surface area contributed by atoms with Crippen molar-refractivity contribution in [1.29, 1.82) is 5.26 Å². The van der Waals surface area contributed by atoms with E-state index in [4.69, 9.17) is 5.73 Å². The largest absolute Gasteiger partial charge is 0.351 e. The van der Waals surface area contributed by atoms with E-state index in [1.54, 1.807) is 11.2 Å². The first-order valence-corrected chi connectivity index (χ1v) is 10.1. The number of hydrogen-bond acceptors (Lipinski definition) is 6. The maximum atomic E-state index is 11.3. The van der Waals surface area contributed by atoms with Gasteiger partial charge in [-0.1, -0.05) is 0 Å². The molecule has 0 atom stereocenters. The average Bonchev–Trinajstić information content (AvgIpc) is 3.40. The Morgan fingerprint density at radius 2 is 2.10 bits per heavy atom. The second kappa shape index (κ2) is 7.11. The molecule has 1 aliphatic heterocycles. The number of fused-ring (bicyclic) bond motifs is 1. The van der Waals surface area contributed by atoms with Gasteiger partial charge in [-0.25, -0.2) is 14.8 Å². The van der Waals surface area contributed by atoms with E-state index in [1.165, 1.54) is 0 Å². The zero-order valence-electron chi connectivity index (χ0n) is 16.5. The molecule has 2 amide bonds. The molecule has 10 heteroatoms. The van der Waals surface area contributed by atoms with Crippen molar-refractivity contribution in [1.82, 2.24) is 34.5 Å². The summed E-state index contributed by atoms with van der Waals surface area (Å²) in [6.07, 6.45) is 9.33. The molecule has 154 valence electrons. The van der Waals surface area contributed by atoms with Crippen LogP contribution in [0.15, 0.2) is 31.0 Å². The van der Waals surface area contributed by atoms with E-state index in [9.17, 15) is 10.1 Å². The molecule has 3 aromatic heterocycles. The van der Waals surface area contributed by atoms with Crippen LogP contribution in [0.1, 0.15) is 19.3 Å². The second-order valence-electron chi connectivity index (χ2n) is 8.12. The van der Waals surface area contributed by atoms with Crippen LogP contribution in [-0.2, 0) is 5.54 Å². The Morgan fingerprint density at radius 3 is 2.83 bits per heavy atom. The number of nitrogens with one attached hydrogen (secondary N) is 1. The first-order valence-electron chi connectivity index (χ1n) is 10.1. The molecular weight excluding hydrogens is 382 g/mol. The van der Waals surface area contributed by atoms with Gasteiger partial charge in [-0.15, -0.1) is 0 Å². The van der Waals surface area contributed by atoms with Crippen LogP contribution in [0.3, 0.4) is 0 Å². The van der Waals surface area contributed by atoms with Crippen LogP contribution in [0.2, 0.25) is 0 Å². The highest BCUT2D eigenvalue weighted by Crippen LogP contribution is 2.45. The molecule has 4 heterocycles. The number of H-pyrrole nitrogens is 1. The van der Waals surface area contributed by atoms with Crippen molar-refractivity contribution in [2.24, 2.45) is 5.73 Å². The van der Waals surface area contributed by atoms with E-state index in [-0.39, 0.29) is 11.6 Å². The van der Waals surface area contributed by atoms with E-state index in [1.807, 2.05) is 29.3 Å². The molecule has 3 aromatic rings. The van der Waals surface area contributed by atoms with Crippen molar-refractivity contribution in [3.8, 4) is 17.3 Å². The minimum atomic E-state index is -0.354. The fourth-order valence-corrected chi connectivity index (χ4v) is 4.75. The Balaban J connectivity index is 1.34. The number of hydrogen-bond donors (Lipinski definition) is 2. The zero-order valence-corrected chi connectivity index (χ0v) is 16.5. The van der Waals surface area contributed by atoms with Crippen molar-refractivity contribution in [2.75, 3.05) is 26.2 Å². The van der Waals surface area contributed by atoms with Gasteiger partial charge in [0, 0.05) is 55.6 Å². The number of aromatic amines is 1. The number of nitriles is 1. The number of urea groups is 1. The third-order valence-electron chi connectivity index (χ3n) is 6.48. The summed E-state index contributed by atoms with van der Waals surface area (Å²) in [5.74, 6) is 0. The number of amides is 2. The van der Waals surface area contributed by atoms with E-state index in [0.29, 0.717) is 25.6 Å². The highest BCUT2D eigenvalue weighted by molar-refractivity contribution is 5.90. The molecule has 30 heavy (non-hydrogen) atoms. The Bertz CT molecular complexity index is 1110. The van der Waals surface area contributed by atoms with Crippen molar-refractivity contribution in [3.05, 3.63) is 31.0 Å². The van der Waals surface area contributed by atoms with Gasteiger partial charge in [0.1, 0.15) is 12.0 Å². The molecule has 1 saturated carbocycles. The monoisotopic (exact) mass is 405 g/mol. The van der Waals surface area contributed by atoms with Gasteiger partial charge in [0.15, 0.2) is 0 Å². The predicted molar refractivity (Wildman–Crippen MR) is 109 cm³/mol. The molecule has 0 radical (unpaired) electrons. The van der Waals surface area contributed by atoms with E-state index < -0.39 is 0 Å². The first-order chi connectivity index (χ1) is 14.6. The summed E-state index contributed by atoms with van der Waals surface area (Å²) in [7, 11) is 0. The molecule has 0 unspecified atom stereocenters. The minimum Gasteiger partial charge on any atom is -0.351 e. The Kier molecular flexibility index (Phi) is 4.40. The van der Waals surface area contributed by atoms with Gasteiger partial charge in [-0.05, 0) is 18.9 Å². The van der Waals surface area contributed by atoms with Crippen LogP contribution in [0, 0.1) is 11.3 Å². The summed E-state index contributed by atoms with van der Waals surface area (Å²) >= 11 is 0. The number of primary amides is 1. The van der Waals surface area contributed by atoms with Gasteiger partial charge in [-0.3, -0.25) is 9.58 Å². The lowest BCUT2D eigenvalue weighted by atomic mass is 9.70. The Labute approximate surface area is 173 Å². The number of nitrogens with two attached hydrogens (primary N) is 1. The van der Waals surface area contributed by atoms with Crippen molar-refractivity contribution in [3.63, 3.8) is 0 Å². The Hall–Kier alpha value is -3.45. The molecule has 3 N–H and O–H groups in total. The zero-order chi connectivity index (χ0) is 20.7. The minimum absolute atomic E-state index is 0.303. The molecule has 1 saturated heterocycles. The highest BCUT2D eigenvalue weighted by atomic mass is 16.2. The average molecular weight is 405 g/mol. The Morgan fingerprint density at radius 1 is 1.30 bits per heavy atom. The van der Waals surface area contributed by atoms with Crippen molar-refractivity contribution in [2.45, 2.75) is 30.8 Å². The lowest BCUT2D eigenvalue weighted by Crippen LogP contribution is -2.61. The van der Waals surface area contributed by atoms with Crippen molar-refractivity contribution < 1.29 is 4.79 Å². The topological polar surface area (TPSA) is 133 Å². The first kappa shape index (κ1) is 18.6. The van der Waals surface area contributed by atoms with E-state index >= 15 is 0 Å². The number of carbonyl (C=O) groups is 1. The van der Waals surface area contributed by atoms with Gasteiger partial charge >= 0.3 is 6.03 Å². The van der Waals surface area contributed by atoms with Crippen LogP contribution < -0.4 is 5.73 Å². The maximum Gasteiger partial charge on any atom is 0.314 e. The molecule has 2 aliphatic rings. The lowest BCUT2D eigenvalue weighted by Gasteiger charge is -2.52. The molecular formula is C20H23N9O. The van der Waals surface area contributed by atoms with Gasteiger partial charge < -0.3 is 15.6 Å². The van der Waals surface area contributed by atoms with E-state index in [0.717, 1.165) is 48.2 Å². The molecule has 5 rings (SSSR count). The molecule has 0 bridgehead atoms. The summed E-state index contributed by atoms with van der Waals surface area (Å²) in [6.45, 7) is 2.94. The predicted octanol–water partition coefficient (Wildman–Crippen LogP) is 1.29. The standard InChI is InChI=1S/C20H23N9O/c21-3-2-20(9-15(10-20)27-5-7-28(8-6-27)19(22)30)29-12-14(11-26-29)17-16-1-4-23-18(16)25-13-24-17/h1,4,11-13,15H,2,5-10H2,(H2,22,30)(H,23,24,25)/t15-,20-. The van der Waals surface area contributed by atoms with Crippen molar-refractivity contribution >= 4 is 17.1 Å². The van der Waals surface area contributed by atoms with E-state index in [2.05, 4.69) is 31.0 Å². The van der Waals surface area contributed by atoms with Crippen LogP contribution >= 0.6 is 0 Å². The normalized spacial score (nSPS) is 24.5. The number of aromatic nitrogens is 5. The molecule has 0 spiro atoms. The van der Waals surface area contributed by atoms with Crippen LogP contribution in [0.4, 0.5) is 4.79 Å². The SMILES string of the molecule is N#CC[C@]1(n2cc(-c3ncnc4[nH]ccc34)cn2)C[C@H](N2CCN(C(N)=O)CC2)C1. The summed E-state index contributed by atoms with van der Waals surface area (Å²) in [5.41, 5.74) is 7.62. The fraction of sp³-hybridized carbons (Fsp3) is 0.450. The van der Waals surface area contributed by atoms with Gasteiger partial charge in [0.2, 0.25) is 0 Å². The summed E-state index contributed by atoms with van der Waals surface area (Å²) in [6, 6.07) is 4.34. The molecule has 2 fully saturated rings. The van der Waals surface area contributed by atoms with Gasteiger partial charge in [0.05, 0.1) is 29.9 Å². The number of carbonyl (C=O) groups excluding carboxylic acids is 1. The molecule has 0 aromatic carbocycles. The number of piperazine rings is 1. The van der Waals surface area contributed by atoms with Crippen LogP contribution in [0.5, 0.6) is 0 Å². The third-order valence-corrected chi connectivity index (χ3v) is 6.48. The molecule has 1 aliphatic carbocycles.